The van der Waals surface area contributed by atoms with E-state index < -0.39 is 5.97 Å². The molecule has 1 heterocycles. The second kappa shape index (κ2) is 5.83. The fourth-order valence-electron chi connectivity index (χ4n) is 2.61. The van der Waals surface area contributed by atoms with Gasteiger partial charge in [0, 0.05) is 25.6 Å². The molecule has 1 saturated heterocycles. The molecule has 0 amide bonds. The second-order valence-electron chi connectivity index (χ2n) is 5.54. The fraction of sp³-hybridized carbons (Fsp3) is 0.923. The van der Waals surface area contributed by atoms with Gasteiger partial charge in [-0.1, -0.05) is 20.8 Å². The van der Waals surface area contributed by atoms with Gasteiger partial charge in [-0.3, -0.25) is 9.69 Å². The summed E-state index contributed by atoms with van der Waals surface area (Å²) in [6.45, 7) is 11.5. The summed E-state index contributed by atoms with van der Waals surface area (Å²) in [6, 6.07) is -0.346. The smallest absolute Gasteiger partial charge is 0.320 e. The van der Waals surface area contributed by atoms with Crippen LogP contribution in [0.5, 0.6) is 0 Å². The van der Waals surface area contributed by atoms with Gasteiger partial charge < -0.3 is 9.84 Å². The summed E-state index contributed by atoms with van der Waals surface area (Å²) >= 11 is 0. The standard InChI is InChI=1S/C13H25NO3/c1-5-11(12(15)16)14-7-10(8-17-6-2)13(3,4)9-14/h10-11H,5-9H2,1-4H3,(H,15,16)/t10-,11-/m0/s1. The van der Waals surface area contributed by atoms with Gasteiger partial charge in [0.25, 0.3) is 0 Å². The summed E-state index contributed by atoms with van der Waals surface area (Å²) in [7, 11) is 0. The number of aliphatic carboxylic acids is 1. The van der Waals surface area contributed by atoms with E-state index in [0.29, 0.717) is 12.3 Å². The third-order valence-corrected chi connectivity index (χ3v) is 3.81. The molecule has 4 heteroatoms. The van der Waals surface area contributed by atoms with Crippen LogP contribution >= 0.6 is 0 Å². The summed E-state index contributed by atoms with van der Waals surface area (Å²) in [5.41, 5.74) is 0.137. The molecule has 0 aromatic heterocycles. The monoisotopic (exact) mass is 243 g/mol. The van der Waals surface area contributed by atoms with Gasteiger partial charge in [-0.05, 0) is 18.8 Å². The van der Waals surface area contributed by atoms with E-state index in [4.69, 9.17) is 4.74 Å². The largest absolute Gasteiger partial charge is 0.480 e. The highest BCUT2D eigenvalue weighted by atomic mass is 16.5. The number of hydrogen-bond donors (Lipinski definition) is 1. The van der Waals surface area contributed by atoms with Crippen LogP contribution in [0.15, 0.2) is 0 Å². The molecule has 0 spiro atoms. The highest BCUT2D eigenvalue weighted by Crippen LogP contribution is 2.36. The normalized spacial score (nSPS) is 26.0. The van der Waals surface area contributed by atoms with Crippen molar-refractivity contribution in [3.8, 4) is 0 Å². The molecule has 0 bridgehead atoms. The van der Waals surface area contributed by atoms with Crippen molar-refractivity contribution in [2.45, 2.75) is 40.2 Å². The van der Waals surface area contributed by atoms with Crippen molar-refractivity contribution in [2.24, 2.45) is 11.3 Å². The summed E-state index contributed by atoms with van der Waals surface area (Å²) in [5.74, 6) is -0.281. The third-order valence-electron chi connectivity index (χ3n) is 3.81. The number of ether oxygens (including phenoxy) is 1. The Morgan fingerprint density at radius 2 is 2.18 bits per heavy atom. The van der Waals surface area contributed by atoms with Gasteiger partial charge in [-0.2, -0.15) is 0 Å². The maximum absolute atomic E-state index is 11.2. The first-order valence-electron chi connectivity index (χ1n) is 6.47. The topological polar surface area (TPSA) is 49.8 Å². The van der Waals surface area contributed by atoms with E-state index in [0.717, 1.165) is 26.3 Å². The molecule has 0 unspecified atom stereocenters. The maximum atomic E-state index is 11.2. The van der Waals surface area contributed by atoms with Gasteiger partial charge in [0.15, 0.2) is 0 Å². The zero-order chi connectivity index (χ0) is 13.1. The van der Waals surface area contributed by atoms with E-state index in [-0.39, 0.29) is 11.5 Å². The molecule has 0 aromatic carbocycles. The average molecular weight is 243 g/mol. The Labute approximate surface area is 104 Å². The molecule has 2 atom stereocenters. The molecule has 0 radical (unpaired) electrons. The van der Waals surface area contributed by atoms with Crippen LogP contribution < -0.4 is 0 Å². The quantitative estimate of drug-likeness (QED) is 0.773. The molecular formula is C13H25NO3. The van der Waals surface area contributed by atoms with Gasteiger partial charge in [0.1, 0.15) is 6.04 Å². The minimum absolute atomic E-state index is 0.137. The van der Waals surface area contributed by atoms with Crippen molar-refractivity contribution in [3.63, 3.8) is 0 Å². The Balaban J connectivity index is 2.65. The summed E-state index contributed by atoms with van der Waals surface area (Å²) in [4.78, 5) is 13.3. The van der Waals surface area contributed by atoms with E-state index in [1.807, 2.05) is 13.8 Å². The van der Waals surface area contributed by atoms with E-state index in [2.05, 4.69) is 18.7 Å². The first-order valence-corrected chi connectivity index (χ1v) is 6.47. The molecule has 100 valence electrons. The molecular weight excluding hydrogens is 218 g/mol. The molecule has 1 aliphatic rings. The zero-order valence-corrected chi connectivity index (χ0v) is 11.4. The minimum atomic E-state index is -0.708. The predicted molar refractivity (Wildman–Crippen MR) is 67.1 cm³/mol. The number of likely N-dealkylation sites (tertiary alicyclic amines) is 1. The predicted octanol–water partition coefficient (Wildman–Crippen LogP) is 1.84. The third kappa shape index (κ3) is 3.42. The van der Waals surface area contributed by atoms with E-state index in [9.17, 15) is 9.90 Å². The van der Waals surface area contributed by atoms with E-state index in [1.165, 1.54) is 0 Å². The van der Waals surface area contributed by atoms with E-state index in [1.54, 1.807) is 0 Å². The van der Waals surface area contributed by atoms with Gasteiger partial charge in [-0.15, -0.1) is 0 Å². The molecule has 0 aromatic rings. The van der Waals surface area contributed by atoms with Gasteiger partial charge in [-0.25, -0.2) is 0 Å². The van der Waals surface area contributed by atoms with Crippen molar-refractivity contribution in [2.75, 3.05) is 26.3 Å². The molecule has 4 nitrogen and oxygen atoms in total. The molecule has 0 aliphatic carbocycles. The van der Waals surface area contributed by atoms with Crippen LogP contribution in [-0.2, 0) is 9.53 Å². The second-order valence-corrected chi connectivity index (χ2v) is 5.54. The number of nitrogens with zero attached hydrogens (tertiary/aromatic N) is 1. The Hall–Kier alpha value is -0.610. The molecule has 1 aliphatic heterocycles. The molecule has 17 heavy (non-hydrogen) atoms. The highest BCUT2D eigenvalue weighted by Gasteiger charge is 2.42. The Morgan fingerprint density at radius 3 is 2.65 bits per heavy atom. The average Bonchev–Trinajstić information content (AvgIpc) is 2.51. The Kier molecular flexibility index (Phi) is 4.95. The lowest BCUT2D eigenvalue weighted by Crippen LogP contribution is -2.40. The number of rotatable bonds is 6. The van der Waals surface area contributed by atoms with Crippen molar-refractivity contribution in [3.05, 3.63) is 0 Å². The molecule has 1 rings (SSSR count). The van der Waals surface area contributed by atoms with Crippen LogP contribution in [0.3, 0.4) is 0 Å². The van der Waals surface area contributed by atoms with Gasteiger partial charge >= 0.3 is 5.97 Å². The summed E-state index contributed by atoms with van der Waals surface area (Å²) in [5, 5.41) is 9.19. The number of carboxylic acid groups (broad SMARTS) is 1. The molecule has 1 fully saturated rings. The Bertz CT molecular complexity index is 265. The maximum Gasteiger partial charge on any atom is 0.320 e. The fourth-order valence-corrected chi connectivity index (χ4v) is 2.61. The van der Waals surface area contributed by atoms with Crippen LogP contribution in [0.25, 0.3) is 0 Å². The first kappa shape index (κ1) is 14.5. The zero-order valence-electron chi connectivity index (χ0n) is 11.4. The number of carbonyl (C=O) groups is 1. The summed E-state index contributed by atoms with van der Waals surface area (Å²) < 4.78 is 5.50. The van der Waals surface area contributed by atoms with Crippen LogP contribution in [0.4, 0.5) is 0 Å². The van der Waals surface area contributed by atoms with Crippen molar-refractivity contribution in [1.29, 1.82) is 0 Å². The first-order chi connectivity index (χ1) is 7.92. The molecule has 0 saturated carbocycles. The SMILES string of the molecule is CCOC[C@@H]1CN([C@@H](CC)C(=O)O)CC1(C)C. The lowest BCUT2D eigenvalue weighted by atomic mass is 9.83. The lowest BCUT2D eigenvalue weighted by Gasteiger charge is -2.26. The minimum Gasteiger partial charge on any atom is -0.480 e. The summed E-state index contributed by atoms with van der Waals surface area (Å²) in [6.07, 6.45) is 0.659. The number of carboxylic acids is 1. The Morgan fingerprint density at radius 1 is 1.53 bits per heavy atom. The lowest BCUT2D eigenvalue weighted by molar-refractivity contribution is -0.143. The van der Waals surface area contributed by atoms with Crippen molar-refractivity contribution >= 4 is 5.97 Å². The van der Waals surface area contributed by atoms with Crippen LogP contribution in [0.2, 0.25) is 0 Å². The van der Waals surface area contributed by atoms with Crippen molar-refractivity contribution < 1.29 is 14.6 Å². The van der Waals surface area contributed by atoms with Crippen molar-refractivity contribution in [1.82, 2.24) is 4.90 Å². The van der Waals surface area contributed by atoms with Crippen LogP contribution in [0, 0.1) is 11.3 Å². The van der Waals surface area contributed by atoms with Gasteiger partial charge in [0.2, 0.25) is 0 Å². The van der Waals surface area contributed by atoms with Crippen LogP contribution in [0.1, 0.15) is 34.1 Å². The van der Waals surface area contributed by atoms with E-state index >= 15 is 0 Å². The molecule has 1 N–H and O–H groups in total. The number of hydrogen-bond acceptors (Lipinski definition) is 3. The van der Waals surface area contributed by atoms with Gasteiger partial charge in [0.05, 0.1) is 6.61 Å². The highest BCUT2D eigenvalue weighted by molar-refractivity contribution is 5.73. The van der Waals surface area contributed by atoms with Crippen LogP contribution in [-0.4, -0.2) is 48.3 Å².